The molecule has 0 saturated carbocycles. The fraction of sp³-hybridized carbons (Fsp3) is 0.300. The van der Waals surface area contributed by atoms with Crippen LogP contribution < -0.4 is 5.32 Å². The van der Waals surface area contributed by atoms with Crippen molar-refractivity contribution in [2.24, 2.45) is 0 Å². The molecule has 0 unspecified atom stereocenters. The van der Waals surface area contributed by atoms with Crippen LogP contribution in [0.15, 0.2) is 30.3 Å². The molecule has 2 heterocycles. The monoisotopic (exact) mass is 415 g/mol. The predicted octanol–water partition coefficient (Wildman–Crippen LogP) is 3.19. The van der Waals surface area contributed by atoms with E-state index in [-0.39, 0.29) is 0 Å². The molecule has 0 radical (unpaired) electrons. The Labute approximate surface area is 171 Å². The van der Waals surface area contributed by atoms with Gasteiger partial charge >= 0.3 is 12.1 Å². The predicted molar refractivity (Wildman–Crippen MR) is 108 cm³/mol. The lowest BCUT2D eigenvalue weighted by molar-refractivity contribution is -0.128. The summed E-state index contributed by atoms with van der Waals surface area (Å²) >= 11 is 1.25. The van der Waals surface area contributed by atoms with Crippen LogP contribution in [0.1, 0.15) is 33.4 Å². The van der Waals surface area contributed by atoms with E-state index in [1.807, 2.05) is 48.1 Å². The molecule has 29 heavy (non-hydrogen) atoms. The molecule has 0 spiro atoms. The first-order chi connectivity index (χ1) is 13.8. The van der Waals surface area contributed by atoms with Crippen LogP contribution in [0.2, 0.25) is 0 Å². The minimum atomic E-state index is -1.14. The molecule has 2 amide bonds. The number of methoxy groups -OCH3 is 1. The van der Waals surface area contributed by atoms with E-state index in [9.17, 15) is 14.4 Å². The SMILES string of the molecule is COC(=O)NC(=O)[C@@H](C)OC(=O)c1cc2c(C)nn(Cc3ccc(C)cc3)c2s1. The highest BCUT2D eigenvalue weighted by molar-refractivity contribution is 7.20. The Morgan fingerprint density at radius 1 is 1.21 bits per heavy atom. The van der Waals surface area contributed by atoms with Crippen molar-refractivity contribution in [3.05, 3.63) is 52.0 Å². The zero-order valence-electron chi connectivity index (χ0n) is 16.5. The molecule has 0 saturated heterocycles. The van der Waals surface area contributed by atoms with Gasteiger partial charge in [-0.25, -0.2) is 9.59 Å². The molecule has 2 aromatic heterocycles. The second kappa shape index (κ2) is 8.44. The van der Waals surface area contributed by atoms with Gasteiger partial charge in [0, 0.05) is 5.39 Å². The number of imide groups is 1. The maximum Gasteiger partial charge on any atom is 0.413 e. The Bertz CT molecular complexity index is 1070. The summed E-state index contributed by atoms with van der Waals surface area (Å²) in [4.78, 5) is 36.6. The number of carbonyl (C=O) groups excluding carboxylic acids is 3. The van der Waals surface area contributed by atoms with Gasteiger partial charge in [-0.15, -0.1) is 11.3 Å². The van der Waals surface area contributed by atoms with Crippen molar-refractivity contribution in [3.63, 3.8) is 0 Å². The highest BCUT2D eigenvalue weighted by atomic mass is 32.1. The van der Waals surface area contributed by atoms with E-state index in [1.54, 1.807) is 6.07 Å². The molecule has 0 aliphatic carbocycles. The van der Waals surface area contributed by atoms with Gasteiger partial charge in [-0.05, 0) is 32.4 Å². The number of alkyl carbamates (subject to hydrolysis) is 1. The number of ether oxygens (including phenoxy) is 2. The van der Waals surface area contributed by atoms with Gasteiger partial charge in [0.05, 0.1) is 19.3 Å². The van der Waals surface area contributed by atoms with Gasteiger partial charge in [-0.3, -0.25) is 14.8 Å². The number of aryl methyl sites for hydroxylation is 2. The maximum atomic E-state index is 12.5. The molecule has 3 aromatic rings. The number of amides is 2. The normalized spacial score (nSPS) is 11.9. The first-order valence-corrected chi connectivity index (χ1v) is 9.72. The lowest BCUT2D eigenvalue weighted by atomic mass is 10.1. The zero-order valence-corrected chi connectivity index (χ0v) is 17.3. The van der Waals surface area contributed by atoms with Gasteiger partial charge in [0.15, 0.2) is 6.10 Å². The minimum absolute atomic E-state index is 0.357. The molecule has 8 nitrogen and oxygen atoms in total. The van der Waals surface area contributed by atoms with Crippen LogP contribution in [0.25, 0.3) is 10.2 Å². The summed E-state index contributed by atoms with van der Waals surface area (Å²) in [5.74, 6) is -1.40. The number of carbonyl (C=O) groups is 3. The summed E-state index contributed by atoms with van der Waals surface area (Å²) in [6, 6.07) is 9.88. The molecular formula is C20H21N3O5S. The van der Waals surface area contributed by atoms with Crippen LogP contribution in [0.3, 0.4) is 0 Å². The van der Waals surface area contributed by atoms with E-state index < -0.39 is 24.1 Å². The summed E-state index contributed by atoms with van der Waals surface area (Å²) in [7, 11) is 1.14. The Hall–Kier alpha value is -3.20. The van der Waals surface area contributed by atoms with Crippen molar-refractivity contribution in [2.75, 3.05) is 7.11 Å². The van der Waals surface area contributed by atoms with Gasteiger partial charge in [-0.1, -0.05) is 29.8 Å². The van der Waals surface area contributed by atoms with Crippen molar-refractivity contribution >= 4 is 39.5 Å². The Balaban J connectivity index is 1.77. The fourth-order valence-corrected chi connectivity index (χ4v) is 3.76. The van der Waals surface area contributed by atoms with Crippen LogP contribution in [0, 0.1) is 13.8 Å². The smallest absolute Gasteiger partial charge is 0.413 e. The first kappa shape index (κ1) is 20.5. The van der Waals surface area contributed by atoms with Crippen LogP contribution in [0.5, 0.6) is 0 Å². The summed E-state index contributed by atoms with van der Waals surface area (Å²) in [5.41, 5.74) is 3.09. The Morgan fingerprint density at radius 2 is 1.90 bits per heavy atom. The van der Waals surface area contributed by atoms with Crippen LogP contribution >= 0.6 is 11.3 Å². The highest BCUT2D eigenvalue weighted by Crippen LogP contribution is 2.29. The quantitative estimate of drug-likeness (QED) is 0.643. The third kappa shape index (κ3) is 4.62. The molecule has 0 aliphatic rings. The number of esters is 1. The minimum Gasteiger partial charge on any atom is -0.453 e. The Kier molecular flexibility index (Phi) is 5.97. The second-order valence-corrected chi connectivity index (χ2v) is 7.62. The van der Waals surface area contributed by atoms with E-state index in [2.05, 4.69) is 9.84 Å². The number of fused-ring (bicyclic) bond motifs is 1. The molecule has 1 atom stereocenters. The number of benzene rings is 1. The van der Waals surface area contributed by atoms with E-state index in [0.717, 1.165) is 28.6 Å². The van der Waals surface area contributed by atoms with Crippen molar-refractivity contribution in [1.29, 1.82) is 0 Å². The van der Waals surface area contributed by atoms with Gasteiger partial charge in [0.2, 0.25) is 0 Å². The molecule has 0 fully saturated rings. The number of thiophene rings is 1. The zero-order chi connectivity index (χ0) is 21.1. The number of hydrogen-bond donors (Lipinski definition) is 1. The summed E-state index contributed by atoms with van der Waals surface area (Å²) < 4.78 is 11.4. The first-order valence-electron chi connectivity index (χ1n) is 8.90. The summed E-state index contributed by atoms with van der Waals surface area (Å²) in [6.45, 7) is 5.87. The summed E-state index contributed by atoms with van der Waals surface area (Å²) in [6.07, 6.45) is -2.05. The van der Waals surface area contributed by atoms with Gasteiger partial charge in [0.1, 0.15) is 9.71 Å². The molecule has 0 bridgehead atoms. The largest absolute Gasteiger partial charge is 0.453 e. The molecule has 0 aliphatic heterocycles. The van der Waals surface area contributed by atoms with E-state index >= 15 is 0 Å². The summed E-state index contributed by atoms with van der Waals surface area (Å²) in [5, 5.41) is 7.39. The topological polar surface area (TPSA) is 99.5 Å². The standard InChI is InChI=1S/C20H21N3O5S/c1-11-5-7-14(8-6-11)10-23-18-15(12(2)22-23)9-16(29-18)19(25)28-13(3)17(24)21-20(26)27-4/h5-9,13H,10H2,1-4H3,(H,21,24,26)/t13-/m1/s1. The number of nitrogens with one attached hydrogen (secondary N) is 1. The number of nitrogens with zero attached hydrogens (tertiary/aromatic N) is 2. The van der Waals surface area contributed by atoms with Crippen molar-refractivity contribution < 1.29 is 23.9 Å². The molecule has 152 valence electrons. The Morgan fingerprint density at radius 3 is 2.55 bits per heavy atom. The molecule has 9 heteroatoms. The van der Waals surface area contributed by atoms with Crippen LogP contribution in [-0.2, 0) is 20.8 Å². The van der Waals surface area contributed by atoms with Crippen LogP contribution in [-0.4, -0.2) is 41.0 Å². The lowest BCUT2D eigenvalue weighted by Gasteiger charge is -2.11. The molecule has 1 N–H and O–H groups in total. The van der Waals surface area contributed by atoms with E-state index in [0.29, 0.717) is 11.4 Å². The third-order valence-electron chi connectivity index (χ3n) is 4.33. The molecular weight excluding hydrogens is 394 g/mol. The number of rotatable bonds is 5. The van der Waals surface area contributed by atoms with Gasteiger partial charge < -0.3 is 9.47 Å². The van der Waals surface area contributed by atoms with Crippen molar-refractivity contribution in [1.82, 2.24) is 15.1 Å². The van der Waals surface area contributed by atoms with Crippen molar-refractivity contribution in [2.45, 2.75) is 33.4 Å². The lowest BCUT2D eigenvalue weighted by Crippen LogP contribution is -2.39. The average Bonchev–Trinajstić information content (AvgIpc) is 3.25. The number of aromatic nitrogens is 2. The second-order valence-electron chi connectivity index (χ2n) is 6.59. The molecule has 3 rings (SSSR count). The number of hydrogen-bond acceptors (Lipinski definition) is 7. The van der Waals surface area contributed by atoms with E-state index in [1.165, 1.54) is 23.8 Å². The van der Waals surface area contributed by atoms with E-state index in [4.69, 9.17) is 4.74 Å². The molecule has 1 aromatic carbocycles. The maximum absolute atomic E-state index is 12.5. The van der Waals surface area contributed by atoms with Gasteiger partial charge in [-0.2, -0.15) is 5.10 Å². The average molecular weight is 415 g/mol. The third-order valence-corrected chi connectivity index (χ3v) is 5.45. The highest BCUT2D eigenvalue weighted by Gasteiger charge is 2.23. The fourth-order valence-electron chi connectivity index (χ4n) is 2.71. The van der Waals surface area contributed by atoms with Crippen LogP contribution in [0.4, 0.5) is 4.79 Å². The van der Waals surface area contributed by atoms with Gasteiger partial charge in [0.25, 0.3) is 5.91 Å². The van der Waals surface area contributed by atoms with Crippen molar-refractivity contribution in [3.8, 4) is 0 Å².